The zero-order valence-electron chi connectivity index (χ0n) is 10.4. The number of benzene rings is 1. The van der Waals surface area contributed by atoms with Crippen LogP contribution in [0.4, 0.5) is 18.3 Å². The highest BCUT2D eigenvalue weighted by molar-refractivity contribution is 7.12. The Balaban J connectivity index is 0.00000220. The SMILES string of the molecule is Nc1scc[n+]1CC(=O)c1ccc(OC(F)(F)F)cc1.[Br-]. The van der Waals surface area contributed by atoms with Gasteiger partial charge in [-0.3, -0.25) is 10.5 Å². The molecule has 9 heteroatoms. The van der Waals surface area contributed by atoms with Gasteiger partial charge in [-0.05, 0) is 24.3 Å². The number of nitrogens with zero attached hydrogens (tertiary/aromatic N) is 1. The average molecular weight is 383 g/mol. The van der Waals surface area contributed by atoms with Crippen molar-refractivity contribution in [2.24, 2.45) is 0 Å². The molecule has 1 aromatic heterocycles. The molecule has 0 aliphatic rings. The fraction of sp³-hybridized carbons (Fsp3) is 0.167. The van der Waals surface area contributed by atoms with Crippen molar-refractivity contribution >= 4 is 22.3 Å². The summed E-state index contributed by atoms with van der Waals surface area (Å²) in [6.07, 6.45) is -3.08. The Labute approximate surface area is 132 Å². The number of rotatable bonds is 4. The maximum absolute atomic E-state index is 12.0. The Hall–Kier alpha value is -1.61. The Bertz CT molecular complexity index is 614. The van der Waals surface area contributed by atoms with Gasteiger partial charge in [-0.25, -0.2) is 4.57 Å². The van der Waals surface area contributed by atoms with Gasteiger partial charge in [-0.15, -0.1) is 13.2 Å². The molecule has 1 aromatic carbocycles. The molecular weight excluding hydrogens is 373 g/mol. The Morgan fingerprint density at radius 2 is 1.90 bits per heavy atom. The van der Waals surface area contributed by atoms with E-state index in [1.807, 2.05) is 0 Å². The van der Waals surface area contributed by atoms with Gasteiger partial charge in [0.15, 0.2) is 6.54 Å². The molecule has 0 unspecified atom stereocenters. The molecule has 1 heterocycles. The summed E-state index contributed by atoms with van der Waals surface area (Å²) in [5.41, 5.74) is 5.93. The molecule has 2 rings (SSSR count). The molecule has 0 spiro atoms. The van der Waals surface area contributed by atoms with Crippen molar-refractivity contribution in [2.75, 3.05) is 5.73 Å². The molecule has 4 nitrogen and oxygen atoms in total. The number of Topliss-reactive ketones (excluding diaryl/α,β-unsaturated/α-hetero) is 1. The molecule has 0 aliphatic carbocycles. The summed E-state index contributed by atoms with van der Waals surface area (Å²) in [6, 6.07) is 4.77. The van der Waals surface area contributed by atoms with Crippen LogP contribution in [-0.4, -0.2) is 12.1 Å². The Morgan fingerprint density at radius 3 is 2.38 bits per heavy atom. The maximum atomic E-state index is 12.0. The van der Waals surface area contributed by atoms with E-state index in [-0.39, 0.29) is 40.6 Å². The number of hydrogen-bond acceptors (Lipinski definition) is 4. The first kappa shape index (κ1) is 17.4. The number of alkyl halides is 3. The molecule has 21 heavy (non-hydrogen) atoms. The van der Waals surface area contributed by atoms with E-state index in [0.29, 0.717) is 5.13 Å². The van der Waals surface area contributed by atoms with Crippen LogP contribution in [0.15, 0.2) is 35.8 Å². The van der Waals surface area contributed by atoms with E-state index >= 15 is 0 Å². The molecule has 0 radical (unpaired) electrons. The highest BCUT2D eigenvalue weighted by atomic mass is 79.9. The number of nitrogen functional groups attached to an aromatic ring is 1. The first-order valence-electron chi connectivity index (χ1n) is 5.46. The molecule has 0 atom stereocenters. The summed E-state index contributed by atoms with van der Waals surface area (Å²) >= 11 is 1.29. The van der Waals surface area contributed by atoms with Crippen LogP contribution in [0.1, 0.15) is 10.4 Å². The third kappa shape index (κ3) is 5.01. The Kier molecular flexibility index (Phi) is 5.73. The van der Waals surface area contributed by atoms with E-state index in [2.05, 4.69) is 4.74 Å². The van der Waals surface area contributed by atoms with Crippen LogP contribution in [0.2, 0.25) is 0 Å². The minimum absolute atomic E-state index is 0. The van der Waals surface area contributed by atoms with Gasteiger partial charge in [0.25, 0.3) is 0 Å². The topological polar surface area (TPSA) is 56.2 Å². The zero-order valence-corrected chi connectivity index (χ0v) is 12.8. The van der Waals surface area contributed by atoms with Gasteiger partial charge in [0, 0.05) is 10.9 Å². The molecular formula is C12H10BrF3N2O2S. The van der Waals surface area contributed by atoms with Crippen molar-refractivity contribution in [3.63, 3.8) is 0 Å². The predicted molar refractivity (Wildman–Crippen MR) is 66.4 cm³/mol. The van der Waals surface area contributed by atoms with Gasteiger partial charge in [-0.2, -0.15) is 0 Å². The number of hydrogen-bond donors (Lipinski definition) is 1. The number of thiazole rings is 1. The number of ketones is 1. The minimum atomic E-state index is -4.74. The predicted octanol–water partition coefficient (Wildman–Crippen LogP) is -0.597. The third-order valence-electron chi connectivity index (χ3n) is 2.44. The number of nitrogens with two attached hydrogens (primary N) is 1. The fourth-order valence-electron chi connectivity index (χ4n) is 1.53. The molecule has 2 aromatic rings. The van der Waals surface area contributed by atoms with E-state index < -0.39 is 6.36 Å². The number of ether oxygens (including phenoxy) is 1. The van der Waals surface area contributed by atoms with Crippen molar-refractivity contribution in [3.05, 3.63) is 41.4 Å². The van der Waals surface area contributed by atoms with Crippen LogP contribution in [0.5, 0.6) is 5.75 Å². The van der Waals surface area contributed by atoms with E-state index in [4.69, 9.17) is 5.73 Å². The van der Waals surface area contributed by atoms with Crippen molar-refractivity contribution < 1.29 is 44.3 Å². The number of anilines is 1. The summed E-state index contributed by atoms with van der Waals surface area (Å²) in [5, 5.41) is 2.22. The summed E-state index contributed by atoms with van der Waals surface area (Å²) in [4.78, 5) is 11.9. The number of carbonyl (C=O) groups excluding carboxylic acids is 1. The Morgan fingerprint density at radius 1 is 1.29 bits per heavy atom. The van der Waals surface area contributed by atoms with Crippen molar-refractivity contribution in [3.8, 4) is 5.75 Å². The zero-order chi connectivity index (χ0) is 14.8. The largest absolute Gasteiger partial charge is 1.00 e. The molecule has 0 saturated carbocycles. The molecule has 0 fully saturated rings. The van der Waals surface area contributed by atoms with Crippen molar-refractivity contribution in [1.29, 1.82) is 0 Å². The van der Waals surface area contributed by atoms with Gasteiger partial charge in [0.1, 0.15) is 11.9 Å². The molecule has 0 amide bonds. The molecule has 2 N–H and O–H groups in total. The van der Waals surface area contributed by atoms with Crippen LogP contribution < -0.4 is 32.0 Å². The van der Waals surface area contributed by atoms with Crippen LogP contribution in [-0.2, 0) is 6.54 Å². The fourth-order valence-corrected chi connectivity index (χ4v) is 2.14. The van der Waals surface area contributed by atoms with Gasteiger partial charge >= 0.3 is 11.5 Å². The monoisotopic (exact) mass is 382 g/mol. The highest BCUT2D eigenvalue weighted by Gasteiger charge is 2.31. The summed E-state index contributed by atoms with van der Waals surface area (Å²) in [5.74, 6) is -0.615. The second-order valence-electron chi connectivity index (χ2n) is 3.86. The second kappa shape index (κ2) is 6.90. The minimum Gasteiger partial charge on any atom is -1.00 e. The van der Waals surface area contributed by atoms with Gasteiger partial charge < -0.3 is 21.7 Å². The first-order chi connectivity index (χ1) is 9.35. The summed E-state index contributed by atoms with van der Waals surface area (Å²) in [6.45, 7) is 0.0365. The molecule has 0 saturated heterocycles. The molecule has 0 bridgehead atoms. The average Bonchev–Trinajstić information content (AvgIpc) is 2.74. The van der Waals surface area contributed by atoms with E-state index in [1.165, 1.54) is 23.5 Å². The molecule has 114 valence electrons. The lowest BCUT2D eigenvalue weighted by molar-refractivity contribution is -0.664. The van der Waals surface area contributed by atoms with Gasteiger partial charge in [0.05, 0.1) is 0 Å². The van der Waals surface area contributed by atoms with Crippen LogP contribution in [0.3, 0.4) is 0 Å². The van der Waals surface area contributed by atoms with E-state index in [9.17, 15) is 18.0 Å². The molecule has 0 aliphatic heterocycles. The second-order valence-corrected chi connectivity index (χ2v) is 4.79. The van der Waals surface area contributed by atoms with Crippen molar-refractivity contribution in [2.45, 2.75) is 12.9 Å². The quantitative estimate of drug-likeness (QED) is 0.567. The van der Waals surface area contributed by atoms with E-state index in [0.717, 1.165) is 12.1 Å². The lowest BCUT2D eigenvalue weighted by Gasteiger charge is -2.08. The van der Waals surface area contributed by atoms with Crippen molar-refractivity contribution in [1.82, 2.24) is 0 Å². The number of aromatic nitrogens is 1. The summed E-state index contributed by atoms with van der Waals surface area (Å²) in [7, 11) is 0. The van der Waals surface area contributed by atoms with Gasteiger partial charge in [-0.1, -0.05) is 11.3 Å². The smallest absolute Gasteiger partial charge is 0.573 e. The van der Waals surface area contributed by atoms with Crippen LogP contribution in [0, 0.1) is 0 Å². The summed E-state index contributed by atoms with van der Waals surface area (Å²) < 4.78 is 41.3. The van der Waals surface area contributed by atoms with Gasteiger partial charge in [0.2, 0.25) is 5.78 Å². The third-order valence-corrected chi connectivity index (χ3v) is 3.17. The van der Waals surface area contributed by atoms with Crippen LogP contribution in [0.25, 0.3) is 0 Å². The lowest BCUT2D eigenvalue weighted by atomic mass is 10.1. The van der Waals surface area contributed by atoms with E-state index in [1.54, 1.807) is 16.1 Å². The number of halogens is 4. The normalized spacial score (nSPS) is 10.8. The maximum Gasteiger partial charge on any atom is 0.573 e. The first-order valence-corrected chi connectivity index (χ1v) is 6.34. The standard InChI is InChI=1S/C12H9F3N2O2S.BrH/c13-12(14,15)19-9-3-1-8(2-4-9)10(18)7-17-5-6-20-11(17)16;/h1-6,16H,7H2;1H. The lowest BCUT2D eigenvalue weighted by Crippen LogP contribution is -3.00. The highest BCUT2D eigenvalue weighted by Crippen LogP contribution is 2.22. The number of carbonyl (C=O) groups is 1. The van der Waals surface area contributed by atoms with Crippen LogP contribution >= 0.6 is 11.3 Å².